The van der Waals surface area contributed by atoms with Crippen molar-refractivity contribution in [2.45, 2.75) is 13.3 Å². The van der Waals surface area contributed by atoms with E-state index < -0.39 is 0 Å². The van der Waals surface area contributed by atoms with Gasteiger partial charge in [-0.15, -0.1) is 0 Å². The predicted octanol–water partition coefficient (Wildman–Crippen LogP) is 4.69. The highest BCUT2D eigenvalue weighted by Crippen LogP contribution is 2.19. The van der Waals surface area contributed by atoms with Crippen LogP contribution in [0.2, 0.25) is 5.02 Å². The Balaban J connectivity index is 1.76. The lowest BCUT2D eigenvalue weighted by atomic mass is 10.1. The zero-order valence-electron chi connectivity index (χ0n) is 13.7. The molecule has 5 nitrogen and oxygen atoms in total. The van der Waals surface area contributed by atoms with Gasteiger partial charge in [-0.05, 0) is 48.4 Å². The number of anilines is 3. The SMILES string of the molecule is CCc1ccccc1Nc1nccc(C(=O)Nc2ccc(Cl)cc2)n1. The summed E-state index contributed by atoms with van der Waals surface area (Å²) in [5.74, 6) is 0.0706. The van der Waals surface area contributed by atoms with Gasteiger partial charge in [0.05, 0.1) is 0 Å². The summed E-state index contributed by atoms with van der Waals surface area (Å²) in [6.45, 7) is 2.08. The van der Waals surface area contributed by atoms with E-state index in [1.165, 1.54) is 0 Å². The van der Waals surface area contributed by atoms with Crippen molar-refractivity contribution in [3.63, 3.8) is 0 Å². The zero-order chi connectivity index (χ0) is 17.6. The van der Waals surface area contributed by atoms with E-state index >= 15 is 0 Å². The quantitative estimate of drug-likeness (QED) is 0.699. The van der Waals surface area contributed by atoms with E-state index in [0.29, 0.717) is 16.7 Å². The van der Waals surface area contributed by atoms with Gasteiger partial charge in [0.25, 0.3) is 5.91 Å². The topological polar surface area (TPSA) is 66.9 Å². The van der Waals surface area contributed by atoms with Gasteiger partial charge < -0.3 is 10.6 Å². The lowest BCUT2D eigenvalue weighted by Gasteiger charge is -2.10. The van der Waals surface area contributed by atoms with Crippen molar-refractivity contribution in [2.24, 2.45) is 0 Å². The smallest absolute Gasteiger partial charge is 0.274 e. The average Bonchev–Trinajstić information content (AvgIpc) is 2.64. The van der Waals surface area contributed by atoms with E-state index in [2.05, 4.69) is 27.5 Å². The van der Waals surface area contributed by atoms with Crippen LogP contribution in [0.15, 0.2) is 60.8 Å². The van der Waals surface area contributed by atoms with Gasteiger partial charge in [-0.2, -0.15) is 0 Å². The molecule has 3 aromatic rings. The van der Waals surface area contributed by atoms with Gasteiger partial charge in [0.1, 0.15) is 5.69 Å². The maximum atomic E-state index is 12.4. The van der Waals surface area contributed by atoms with Gasteiger partial charge >= 0.3 is 0 Å². The molecule has 3 rings (SSSR count). The highest BCUT2D eigenvalue weighted by Gasteiger charge is 2.10. The Morgan fingerprint density at radius 1 is 1.08 bits per heavy atom. The second-order valence-corrected chi connectivity index (χ2v) is 5.80. The third-order valence-electron chi connectivity index (χ3n) is 3.64. The number of nitrogens with zero attached hydrogens (tertiary/aromatic N) is 2. The Morgan fingerprint density at radius 2 is 1.84 bits per heavy atom. The fourth-order valence-electron chi connectivity index (χ4n) is 2.34. The van der Waals surface area contributed by atoms with Crippen molar-refractivity contribution in [3.8, 4) is 0 Å². The number of amides is 1. The molecule has 0 bridgehead atoms. The number of carbonyl (C=O) groups is 1. The molecule has 0 fully saturated rings. The fraction of sp³-hybridized carbons (Fsp3) is 0.105. The first-order chi connectivity index (χ1) is 12.2. The number of benzene rings is 2. The van der Waals surface area contributed by atoms with Crippen molar-refractivity contribution in [3.05, 3.63) is 77.1 Å². The molecule has 1 amide bonds. The number of hydrogen-bond acceptors (Lipinski definition) is 4. The second kappa shape index (κ2) is 7.77. The molecule has 0 radical (unpaired) electrons. The molecule has 0 aliphatic rings. The van der Waals surface area contributed by atoms with Crippen LogP contribution < -0.4 is 10.6 Å². The average molecular weight is 353 g/mol. The molecule has 2 aromatic carbocycles. The van der Waals surface area contributed by atoms with Gasteiger partial charge in [0.15, 0.2) is 0 Å². The van der Waals surface area contributed by atoms with Crippen LogP contribution in [0, 0.1) is 0 Å². The third kappa shape index (κ3) is 4.33. The number of hydrogen-bond donors (Lipinski definition) is 2. The van der Waals surface area contributed by atoms with Crippen LogP contribution in [0.1, 0.15) is 23.0 Å². The van der Waals surface area contributed by atoms with Gasteiger partial charge in [0.2, 0.25) is 5.95 Å². The van der Waals surface area contributed by atoms with E-state index in [-0.39, 0.29) is 11.6 Å². The van der Waals surface area contributed by atoms with E-state index in [1.807, 2.05) is 24.3 Å². The molecule has 6 heteroatoms. The van der Waals surface area contributed by atoms with E-state index in [0.717, 1.165) is 17.7 Å². The molecule has 0 saturated carbocycles. The van der Waals surface area contributed by atoms with Crippen molar-refractivity contribution in [1.29, 1.82) is 0 Å². The van der Waals surface area contributed by atoms with Crippen LogP contribution in [0.4, 0.5) is 17.3 Å². The molecule has 0 saturated heterocycles. The fourth-order valence-corrected chi connectivity index (χ4v) is 2.47. The van der Waals surface area contributed by atoms with Crippen LogP contribution in [-0.2, 0) is 6.42 Å². The molecule has 0 aliphatic carbocycles. The minimum absolute atomic E-state index is 0.279. The number of rotatable bonds is 5. The summed E-state index contributed by atoms with van der Waals surface area (Å²) >= 11 is 5.85. The Morgan fingerprint density at radius 3 is 2.60 bits per heavy atom. The number of para-hydroxylation sites is 1. The summed E-state index contributed by atoms with van der Waals surface area (Å²) in [5, 5.41) is 6.57. The number of halogens is 1. The molecule has 0 aliphatic heterocycles. The molecular formula is C19H17ClN4O. The highest BCUT2D eigenvalue weighted by atomic mass is 35.5. The van der Waals surface area contributed by atoms with E-state index in [9.17, 15) is 4.79 Å². The summed E-state index contributed by atoms with van der Waals surface area (Å²) in [5.41, 5.74) is 3.02. The second-order valence-electron chi connectivity index (χ2n) is 5.36. The predicted molar refractivity (Wildman–Crippen MR) is 101 cm³/mol. The minimum atomic E-state index is -0.309. The van der Waals surface area contributed by atoms with E-state index in [4.69, 9.17) is 11.6 Å². The largest absolute Gasteiger partial charge is 0.324 e. The Labute approximate surface area is 151 Å². The third-order valence-corrected chi connectivity index (χ3v) is 3.89. The summed E-state index contributed by atoms with van der Waals surface area (Å²) in [6.07, 6.45) is 2.45. The molecule has 2 N–H and O–H groups in total. The first-order valence-corrected chi connectivity index (χ1v) is 8.28. The summed E-state index contributed by atoms with van der Waals surface area (Å²) in [4.78, 5) is 20.9. The molecule has 0 atom stereocenters. The number of aryl methyl sites for hydroxylation is 1. The molecule has 126 valence electrons. The standard InChI is InChI=1S/C19H17ClN4O/c1-2-13-5-3-4-6-16(13)23-19-21-12-11-17(24-19)18(25)22-15-9-7-14(20)8-10-15/h3-12H,2H2,1H3,(H,22,25)(H,21,23,24). The van der Waals surface area contributed by atoms with Gasteiger partial charge in [0, 0.05) is 22.6 Å². The first kappa shape index (κ1) is 16.9. The Kier molecular flexibility index (Phi) is 5.26. The van der Waals surface area contributed by atoms with Crippen molar-refractivity contribution < 1.29 is 4.79 Å². The van der Waals surface area contributed by atoms with Gasteiger partial charge in [-0.3, -0.25) is 4.79 Å². The summed E-state index contributed by atoms with van der Waals surface area (Å²) < 4.78 is 0. The molecule has 1 aromatic heterocycles. The Hall–Kier alpha value is -2.92. The van der Waals surface area contributed by atoms with Gasteiger partial charge in [-0.25, -0.2) is 9.97 Å². The van der Waals surface area contributed by atoms with Crippen LogP contribution in [0.5, 0.6) is 0 Å². The van der Waals surface area contributed by atoms with Crippen molar-refractivity contribution in [1.82, 2.24) is 9.97 Å². The van der Waals surface area contributed by atoms with Crippen LogP contribution in [-0.4, -0.2) is 15.9 Å². The molecule has 1 heterocycles. The van der Waals surface area contributed by atoms with Crippen molar-refractivity contribution >= 4 is 34.8 Å². The zero-order valence-corrected chi connectivity index (χ0v) is 14.4. The number of aromatic nitrogens is 2. The lowest BCUT2D eigenvalue weighted by Crippen LogP contribution is -2.14. The summed E-state index contributed by atoms with van der Waals surface area (Å²) in [6, 6.07) is 16.4. The monoisotopic (exact) mass is 352 g/mol. The van der Waals surface area contributed by atoms with Crippen LogP contribution in [0.3, 0.4) is 0 Å². The number of nitrogens with one attached hydrogen (secondary N) is 2. The normalized spacial score (nSPS) is 10.3. The molecular weight excluding hydrogens is 336 g/mol. The maximum absolute atomic E-state index is 12.4. The molecule has 25 heavy (non-hydrogen) atoms. The number of carbonyl (C=O) groups excluding carboxylic acids is 1. The minimum Gasteiger partial charge on any atom is -0.324 e. The Bertz CT molecular complexity index is 881. The summed E-state index contributed by atoms with van der Waals surface area (Å²) in [7, 11) is 0. The molecule has 0 unspecified atom stereocenters. The van der Waals surface area contributed by atoms with Crippen LogP contribution >= 0.6 is 11.6 Å². The highest BCUT2D eigenvalue weighted by molar-refractivity contribution is 6.30. The molecule has 0 spiro atoms. The van der Waals surface area contributed by atoms with E-state index in [1.54, 1.807) is 36.5 Å². The lowest BCUT2D eigenvalue weighted by molar-refractivity contribution is 0.102. The van der Waals surface area contributed by atoms with Crippen molar-refractivity contribution in [2.75, 3.05) is 10.6 Å². The van der Waals surface area contributed by atoms with Crippen LogP contribution in [0.25, 0.3) is 0 Å². The maximum Gasteiger partial charge on any atom is 0.274 e. The first-order valence-electron chi connectivity index (χ1n) is 7.90. The van der Waals surface area contributed by atoms with Gasteiger partial charge in [-0.1, -0.05) is 36.7 Å².